The molecule has 1 aromatic heterocycles. The topological polar surface area (TPSA) is 78.3 Å². The molecule has 0 bridgehead atoms. The third-order valence-electron chi connectivity index (χ3n) is 4.12. The number of carbonyl (C=O) groups excluding carboxylic acids is 1. The van der Waals surface area contributed by atoms with Crippen LogP contribution in [0.25, 0.3) is 0 Å². The molecule has 1 N–H and O–H groups in total. The van der Waals surface area contributed by atoms with Crippen molar-refractivity contribution in [2.45, 2.75) is 25.5 Å². The van der Waals surface area contributed by atoms with E-state index < -0.39 is 0 Å². The standard InChI is InChI=1S/C22H23ClN4O3S/c1-4-12-27-15(3)25-26-22(27)31-14-21(28)24-19-13-16(23)6-11-20(19)30-18-9-7-17(8-10-18)29-5-2/h4,6-11,13H,1,5,12,14H2,2-3H3,(H,24,28). The van der Waals surface area contributed by atoms with Crippen LogP contribution in [0.2, 0.25) is 5.02 Å². The molecule has 1 heterocycles. The number of ether oxygens (including phenoxy) is 2. The van der Waals surface area contributed by atoms with Gasteiger partial charge in [0, 0.05) is 11.6 Å². The Balaban J connectivity index is 1.67. The molecule has 0 saturated carbocycles. The molecule has 3 aromatic rings. The zero-order valence-corrected chi connectivity index (χ0v) is 18.9. The fraction of sp³-hybridized carbons (Fsp3) is 0.227. The Hall–Kier alpha value is -2.97. The number of aromatic nitrogens is 3. The van der Waals surface area contributed by atoms with Crippen molar-refractivity contribution in [3.05, 3.63) is 66.0 Å². The van der Waals surface area contributed by atoms with Gasteiger partial charge < -0.3 is 19.4 Å². The maximum Gasteiger partial charge on any atom is 0.234 e. The van der Waals surface area contributed by atoms with Crippen LogP contribution in [0.5, 0.6) is 17.2 Å². The van der Waals surface area contributed by atoms with Crippen molar-refractivity contribution in [1.82, 2.24) is 14.8 Å². The second kappa shape index (κ2) is 10.9. The van der Waals surface area contributed by atoms with Gasteiger partial charge in [0.2, 0.25) is 5.91 Å². The number of allylic oxidation sites excluding steroid dienone is 1. The van der Waals surface area contributed by atoms with Gasteiger partial charge in [-0.1, -0.05) is 29.4 Å². The fourth-order valence-electron chi connectivity index (χ4n) is 2.71. The molecule has 3 rings (SSSR count). The Morgan fingerprint density at radius 1 is 1.23 bits per heavy atom. The van der Waals surface area contributed by atoms with Gasteiger partial charge in [-0.15, -0.1) is 16.8 Å². The van der Waals surface area contributed by atoms with Gasteiger partial charge >= 0.3 is 0 Å². The van der Waals surface area contributed by atoms with E-state index in [9.17, 15) is 4.79 Å². The van der Waals surface area contributed by atoms with E-state index in [1.165, 1.54) is 11.8 Å². The maximum atomic E-state index is 12.6. The average Bonchev–Trinajstić information content (AvgIpc) is 3.10. The highest BCUT2D eigenvalue weighted by atomic mass is 35.5. The van der Waals surface area contributed by atoms with E-state index in [1.807, 2.05) is 30.5 Å². The SMILES string of the molecule is C=CCn1c(C)nnc1SCC(=O)Nc1cc(Cl)ccc1Oc1ccc(OCC)cc1. The number of benzene rings is 2. The quantitative estimate of drug-likeness (QED) is 0.326. The molecular formula is C22H23ClN4O3S. The number of rotatable bonds is 10. The van der Waals surface area contributed by atoms with Crippen LogP contribution >= 0.6 is 23.4 Å². The average molecular weight is 459 g/mol. The van der Waals surface area contributed by atoms with Crippen LogP contribution in [0.3, 0.4) is 0 Å². The molecule has 2 aromatic carbocycles. The Morgan fingerprint density at radius 2 is 1.97 bits per heavy atom. The van der Waals surface area contributed by atoms with Crippen molar-refractivity contribution >= 4 is 35.0 Å². The molecule has 7 nitrogen and oxygen atoms in total. The molecule has 0 atom stereocenters. The summed E-state index contributed by atoms with van der Waals surface area (Å²) < 4.78 is 13.3. The van der Waals surface area contributed by atoms with Gasteiger partial charge in [0.05, 0.1) is 18.0 Å². The lowest BCUT2D eigenvalue weighted by Gasteiger charge is -2.13. The number of anilines is 1. The number of nitrogens with one attached hydrogen (secondary N) is 1. The lowest BCUT2D eigenvalue weighted by molar-refractivity contribution is -0.113. The molecule has 0 spiro atoms. The van der Waals surface area contributed by atoms with Crippen LogP contribution in [0.15, 0.2) is 60.3 Å². The predicted molar refractivity (Wildman–Crippen MR) is 123 cm³/mol. The van der Waals surface area contributed by atoms with E-state index in [0.29, 0.717) is 40.5 Å². The fourth-order valence-corrected chi connectivity index (χ4v) is 3.68. The number of halogens is 1. The molecule has 9 heteroatoms. The summed E-state index contributed by atoms with van der Waals surface area (Å²) in [5, 5.41) is 12.2. The minimum absolute atomic E-state index is 0.157. The van der Waals surface area contributed by atoms with E-state index in [2.05, 4.69) is 22.1 Å². The molecule has 31 heavy (non-hydrogen) atoms. The van der Waals surface area contributed by atoms with Crippen LogP contribution in [0.4, 0.5) is 5.69 Å². The number of hydrogen-bond acceptors (Lipinski definition) is 6. The van der Waals surface area contributed by atoms with Gasteiger partial charge in [0.15, 0.2) is 10.9 Å². The third-order valence-corrected chi connectivity index (χ3v) is 5.33. The van der Waals surface area contributed by atoms with Crippen molar-refractivity contribution in [2.75, 3.05) is 17.7 Å². The zero-order valence-electron chi connectivity index (χ0n) is 17.3. The van der Waals surface area contributed by atoms with Crippen LogP contribution in [-0.2, 0) is 11.3 Å². The van der Waals surface area contributed by atoms with Crippen LogP contribution in [0, 0.1) is 6.92 Å². The van der Waals surface area contributed by atoms with E-state index >= 15 is 0 Å². The first-order chi connectivity index (χ1) is 15.0. The van der Waals surface area contributed by atoms with Gasteiger partial charge in [-0.2, -0.15) is 0 Å². The summed E-state index contributed by atoms with van der Waals surface area (Å²) in [6.45, 7) is 8.69. The van der Waals surface area contributed by atoms with Gasteiger partial charge in [0.25, 0.3) is 0 Å². The van der Waals surface area contributed by atoms with Crippen molar-refractivity contribution in [1.29, 1.82) is 0 Å². The van der Waals surface area contributed by atoms with Gasteiger partial charge in [-0.25, -0.2) is 0 Å². The molecule has 0 aliphatic heterocycles. The summed E-state index contributed by atoms with van der Waals surface area (Å²) >= 11 is 7.43. The highest BCUT2D eigenvalue weighted by Gasteiger charge is 2.14. The lowest BCUT2D eigenvalue weighted by Crippen LogP contribution is -2.15. The normalized spacial score (nSPS) is 10.5. The summed E-state index contributed by atoms with van der Waals surface area (Å²) in [4.78, 5) is 12.6. The first-order valence-corrected chi connectivity index (χ1v) is 11.0. The van der Waals surface area contributed by atoms with Gasteiger partial charge in [-0.05, 0) is 56.3 Å². The Kier molecular flexibility index (Phi) is 7.97. The summed E-state index contributed by atoms with van der Waals surface area (Å²) in [7, 11) is 0. The molecular weight excluding hydrogens is 436 g/mol. The molecule has 0 aliphatic carbocycles. The van der Waals surface area contributed by atoms with Crippen LogP contribution in [0.1, 0.15) is 12.7 Å². The molecule has 0 fully saturated rings. The van der Waals surface area contributed by atoms with Gasteiger partial charge in [-0.3, -0.25) is 4.79 Å². The second-order valence-corrected chi connectivity index (χ2v) is 7.79. The number of nitrogens with zero attached hydrogens (tertiary/aromatic N) is 3. The first-order valence-electron chi connectivity index (χ1n) is 9.63. The molecule has 162 valence electrons. The second-order valence-electron chi connectivity index (χ2n) is 6.41. The van der Waals surface area contributed by atoms with E-state index in [4.69, 9.17) is 21.1 Å². The molecule has 0 aliphatic rings. The first kappa shape index (κ1) is 22.7. The van der Waals surface area contributed by atoms with Gasteiger partial charge in [0.1, 0.15) is 17.3 Å². The summed E-state index contributed by atoms with van der Waals surface area (Å²) in [5.41, 5.74) is 0.482. The zero-order chi connectivity index (χ0) is 22.2. The highest BCUT2D eigenvalue weighted by Crippen LogP contribution is 2.33. The number of amides is 1. The number of thioether (sulfide) groups is 1. The molecule has 0 saturated heterocycles. The summed E-state index contributed by atoms with van der Waals surface area (Å²) in [6.07, 6.45) is 1.76. The molecule has 0 radical (unpaired) electrons. The highest BCUT2D eigenvalue weighted by molar-refractivity contribution is 7.99. The third kappa shape index (κ3) is 6.26. The van der Waals surface area contributed by atoms with Crippen molar-refractivity contribution < 1.29 is 14.3 Å². The smallest absolute Gasteiger partial charge is 0.234 e. The Bertz CT molecular complexity index is 1050. The minimum atomic E-state index is -0.213. The van der Waals surface area contributed by atoms with Crippen molar-refractivity contribution in [2.24, 2.45) is 0 Å². The molecule has 0 unspecified atom stereocenters. The summed E-state index contributed by atoms with van der Waals surface area (Å²) in [5.74, 6) is 2.57. The van der Waals surface area contributed by atoms with Crippen molar-refractivity contribution in [3.8, 4) is 17.2 Å². The largest absolute Gasteiger partial charge is 0.494 e. The maximum absolute atomic E-state index is 12.6. The predicted octanol–water partition coefficient (Wildman–Crippen LogP) is 5.35. The Labute approximate surface area is 190 Å². The Morgan fingerprint density at radius 3 is 2.68 bits per heavy atom. The minimum Gasteiger partial charge on any atom is -0.494 e. The monoisotopic (exact) mass is 458 g/mol. The lowest BCUT2D eigenvalue weighted by atomic mass is 10.2. The van der Waals surface area contributed by atoms with Crippen LogP contribution < -0.4 is 14.8 Å². The number of aryl methyl sites for hydroxylation is 1. The van der Waals surface area contributed by atoms with Crippen LogP contribution in [-0.4, -0.2) is 33.0 Å². The number of hydrogen-bond donors (Lipinski definition) is 1. The summed E-state index contributed by atoms with van der Waals surface area (Å²) in [6, 6.07) is 12.3. The molecule has 1 amide bonds. The number of carbonyl (C=O) groups is 1. The van der Waals surface area contributed by atoms with Crippen molar-refractivity contribution in [3.63, 3.8) is 0 Å². The van der Waals surface area contributed by atoms with E-state index in [1.54, 1.807) is 36.4 Å². The van der Waals surface area contributed by atoms with E-state index in [0.717, 1.165) is 11.6 Å². The van der Waals surface area contributed by atoms with E-state index in [-0.39, 0.29) is 11.7 Å².